The second-order valence-electron chi connectivity index (χ2n) is 4.32. The van der Waals surface area contributed by atoms with E-state index < -0.39 is 10.0 Å². The van der Waals surface area contributed by atoms with Crippen LogP contribution in [0.1, 0.15) is 0 Å². The Balaban J connectivity index is 1.79. The quantitative estimate of drug-likeness (QED) is 0.622. The van der Waals surface area contributed by atoms with Crippen LogP contribution in [0.2, 0.25) is 5.02 Å². The maximum absolute atomic E-state index is 11.9. The third-order valence-corrected chi connectivity index (χ3v) is 4.62. The minimum atomic E-state index is -3.74. The molecule has 0 radical (unpaired) electrons. The predicted octanol–water partition coefficient (Wildman–Crippen LogP) is 0.882. The molecule has 6 nitrogen and oxygen atoms in total. The molecule has 0 aromatic heterocycles. The van der Waals surface area contributed by atoms with Crippen LogP contribution in [-0.4, -0.2) is 52.8 Å². The van der Waals surface area contributed by atoms with Gasteiger partial charge >= 0.3 is 0 Å². The Bertz CT molecular complexity index is 532. The fourth-order valence-electron chi connectivity index (χ4n) is 1.83. The summed E-state index contributed by atoms with van der Waals surface area (Å²) >= 11 is 5.85. The molecule has 0 unspecified atom stereocenters. The van der Waals surface area contributed by atoms with Crippen LogP contribution in [0.3, 0.4) is 0 Å². The highest BCUT2D eigenvalue weighted by atomic mass is 35.5. The van der Waals surface area contributed by atoms with Crippen LogP contribution in [0.15, 0.2) is 29.2 Å². The van der Waals surface area contributed by atoms with Crippen molar-refractivity contribution in [1.29, 1.82) is 0 Å². The SMILES string of the molecule is O=S(=O)(NOCCN1CCOCC1)c1ccccc1Cl. The summed E-state index contributed by atoms with van der Waals surface area (Å²) in [6, 6.07) is 6.22. The number of nitrogens with zero attached hydrogens (tertiary/aromatic N) is 1. The first-order valence-corrected chi connectivity index (χ1v) is 8.14. The monoisotopic (exact) mass is 320 g/mol. The summed E-state index contributed by atoms with van der Waals surface area (Å²) in [4.78, 5) is 9.27. The van der Waals surface area contributed by atoms with Gasteiger partial charge in [-0.15, -0.1) is 0 Å². The number of morpholine rings is 1. The van der Waals surface area contributed by atoms with Crippen molar-refractivity contribution in [3.05, 3.63) is 29.3 Å². The zero-order chi connectivity index (χ0) is 14.4. The summed E-state index contributed by atoms with van der Waals surface area (Å²) < 4.78 is 29.1. The molecule has 20 heavy (non-hydrogen) atoms. The molecule has 0 spiro atoms. The van der Waals surface area contributed by atoms with Gasteiger partial charge in [-0.05, 0) is 12.1 Å². The third-order valence-electron chi connectivity index (χ3n) is 2.91. The molecule has 2 rings (SSSR count). The molecule has 0 atom stereocenters. The smallest absolute Gasteiger partial charge is 0.263 e. The van der Waals surface area contributed by atoms with Gasteiger partial charge in [0, 0.05) is 19.6 Å². The lowest BCUT2D eigenvalue weighted by Gasteiger charge is -2.26. The largest absolute Gasteiger partial charge is 0.379 e. The predicted molar refractivity (Wildman–Crippen MR) is 75.0 cm³/mol. The van der Waals surface area contributed by atoms with Gasteiger partial charge in [-0.2, -0.15) is 0 Å². The molecule has 0 saturated carbocycles. The molecule has 1 aliphatic rings. The summed E-state index contributed by atoms with van der Waals surface area (Å²) in [6.45, 7) is 3.98. The van der Waals surface area contributed by atoms with Crippen molar-refractivity contribution < 1.29 is 18.0 Å². The number of ether oxygens (including phenoxy) is 1. The Labute approximate surface area is 123 Å². The highest BCUT2D eigenvalue weighted by molar-refractivity contribution is 7.89. The van der Waals surface area contributed by atoms with Gasteiger partial charge < -0.3 is 4.74 Å². The average Bonchev–Trinajstić information content (AvgIpc) is 2.45. The van der Waals surface area contributed by atoms with E-state index in [4.69, 9.17) is 21.2 Å². The van der Waals surface area contributed by atoms with Crippen molar-refractivity contribution in [1.82, 2.24) is 9.79 Å². The lowest BCUT2D eigenvalue weighted by molar-refractivity contribution is 0.0125. The van der Waals surface area contributed by atoms with Crippen molar-refractivity contribution in [3.63, 3.8) is 0 Å². The average molecular weight is 321 g/mol. The maximum atomic E-state index is 11.9. The number of halogens is 1. The Kier molecular flexibility index (Phi) is 5.76. The van der Waals surface area contributed by atoms with Crippen molar-refractivity contribution in [3.8, 4) is 0 Å². The Morgan fingerprint density at radius 2 is 2.00 bits per heavy atom. The first-order chi connectivity index (χ1) is 9.59. The first-order valence-electron chi connectivity index (χ1n) is 6.28. The fourth-order valence-corrected chi connectivity index (χ4v) is 3.18. The Morgan fingerprint density at radius 3 is 2.70 bits per heavy atom. The molecule has 0 bridgehead atoms. The molecule has 8 heteroatoms. The van der Waals surface area contributed by atoms with E-state index >= 15 is 0 Å². The van der Waals surface area contributed by atoms with Gasteiger partial charge in [-0.25, -0.2) is 8.42 Å². The van der Waals surface area contributed by atoms with Gasteiger partial charge in [-0.1, -0.05) is 28.6 Å². The second-order valence-corrected chi connectivity index (χ2v) is 6.34. The van der Waals surface area contributed by atoms with Gasteiger partial charge in [0.05, 0.1) is 24.8 Å². The first kappa shape index (κ1) is 15.7. The van der Waals surface area contributed by atoms with Gasteiger partial charge in [0.15, 0.2) is 0 Å². The molecule has 1 aromatic rings. The van der Waals surface area contributed by atoms with Crippen LogP contribution in [0.4, 0.5) is 0 Å². The minimum absolute atomic E-state index is 0.00744. The molecule has 1 N–H and O–H groups in total. The molecule has 0 aliphatic carbocycles. The molecule has 0 amide bonds. The van der Waals surface area contributed by atoms with Crippen LogP contribution in [-0.2, 0) is 19.6 Å². The zero-order valence-electron chi connectivity index (χ0n) is 10.9. The molecule has 1 heterocycles. The Morgan fingerprint density at radius 1 is 1.30 bits per heavy atom. The number of rotatable bonds is 6. The number of hydrogen-bond donors (Lipinski definition) is 1. The molecular weight excluding hydrogens is 304 g/mol. The summed E-state index contributed by atoms with van der Waals surface area (Å²) in [7, 11) is -3.74. The molecule has 1 aliphatic heterocycles. The van der Waals surface area contributed by atoms with Crippen molar-refractivity contribution in [2.75, 3.05) is 39.5 Å². The van der Waals surface area contributed by atoms with Crippen LogP contribution in [0, 0.1) is 0 Å². The van der Waals surface area contributed by atoms with E-state index in [0.717, 1.165) is 13.1 Å². The van der Waals surface area contributed by atoms with E-state index in [0.29, 0.717) is 19.8 Å². The number of hydrogen-bond acceptors (Lipinski definition) is 5. The molecule has 1 saturated heterocycles. The number of benzene rings is 1. The fraction of sp³-hybridized carbons (Fsp3) is 0.500. The second kappa shape index (κ2) is 7.35. The molecular formula is C12H17ClN2O4S. The topological polar surface area (TPSA) is 67.9 Å². The number of nitrogens with one attached hydrogen (secondary N) is 1. The van der Waals surface area contributed by atoms with Gasteiger partial charge in [0.1, 0.15) is 4.90 Å². The van der Waals surface area contributed by atoms with Gasteiger partial charge in [0.25, 0.3) is 10.0 Å². The van der Waals surface area contributed by atoms with Gasteiger partial charge in [-0.3, -0.25) is 9.74 Å². The van der Waals surface area contributed by atoms with Gasteiger partial charge in [0.2, 0.25) is 0 Å². The zero-order valence-corrected chi connectivity index (χ0v) is 12.5. The minimum Gasteiger partial charge on any atom is -0.379 e. The van der Waals surface area contributed by atoms with Crippen LogP contribution in [0.25, 0.3) is 0 Å². The summed E-state index contributed by atoms with van der Waals surface area (Å²) in [5.41, 5.74) is 0. The molecule has 112 valence electrons. The standard InChI is InChI=1S/C12H17ClN2O4S/c13-11-3-1-2-4-12(11)20(16,17)14-19-10-7-15-5-8-18-9-6-15/h1-4,14H,5-10H2. The van der Waals surface area contributed by atoms with Crippen molar-refractivity contribution >= 4 is 21.6 Å². The lowest BCUT2D eigenvalue weighted by Crippen LogP contribution is -2.39. The lowest BCUT2D eigenvalue weighted by atomic mass is 10.4. The van der Waals surface area contributed by atoms with E-state index in [1.54, 1.807) is 12.1 Å². The molecule has 1 aromatic carbocycles. The van der Waals surface area contributed by atoms with Crippen LogP contribution >= 0.6 is 11.6 Å². The normalized spacial score (nSPS) is 17.2. The maximum Gasteiger partial charge on any atom is 0.263 e. The molecule has 1 fully saturated rings. The van der Waals surface area contributed by atoms with Crippen molar-refractivity contribution in [2.45, 2.75) is 4.90 Å². The summed E-state index contributed by atoms with van der Waals surface area (Å²) in [6.07, 6.45) is 0. The van der Waals surface area contributed by atoms with E-state index in [1.807, 2.05) is 0 Å². The van der Waals surface area contributed by atoms with E-state index in [9.17, 15) is 8.42 Å². The highest BCUT2D eigenvalue weighted by Gasteiger charge is 2.17. The van der Waals surface area contributed by atoms with E-state index in [1.165, 1.54) is 12.1 Å². The highest BCUT2D eigenvalue weighted by Crippen LogP contribution is 2.19. The number of sulfonamides is 1. The Hall–Kier alpha value is -0.700. The van der Waals surface area contributed by atoms with E-state index in [2.05, 4.69) is 9.79 Å². The van der Waals surface area contributed by atoms with Crippen LogP contribution in [0.5, 0.6) is 0 Å². The van der Waals surface area contributed by atoms with E-state index in [-0.39, 0.29) is 16.5 Å². The summed E-state index contributed by atoms with van der Waals surface area (Å²) in [5, 5.41) is 0.164. The van der Waals surface area contributed by atoms with Crippen LogP contribution < -0.4 is 4.89 Å². The third kappa shape index (κ3) is 4.41. The summed E-state index contributed by atoms with van der Waals surface area (Å²) in [5.74, 6) is 0. The van der Waals surface area contributed by atoms with Crippen molar-refractivity contribution in [2.24, 2.45) is 0 Å².